The van der Waals surface area contributed by atoms with E-state index in [4.69, 9.17) is 33.7 Å². The highest BCUT2D eigenvalue weighted by molar-refractivity contribution is 6.32. The van der Waals surface area contributed by atoms with E-state index in [1.165, 1.54) is 0 Å². The molecule has 2 rings (SSSR count). The lowest BCUT2D eigenvalue weighted by Gasteiger charge is -2.12. The Balaban J connectivity index is 2.12. The molecule has 2 N–H and O–H groups in total. The van der Waals surface area contributed by atoms with Crippen LogP contribution in [0.3, 0.4) is 0 Å². The van der Waals surface area contributed by atoms with Crippen LogP contribution in [0.2, 0.25) is 10.0 Å². The highest BCUT2D eigenvalue weighted by Gasteiger charge is 2.07. The molecule has 0 unspecified atom stereocenters. The fourth-order valence-electron chi connectivity index (χ4n) is 1.61. The molecule has 0 bridgehead atoms. The van der Waals surface area contributed by atoms with E-state index in [9.17, 15) is 0 Å². The third-order valence-corrected chi connectivity index (χ3v) is 3.11. The number of benzene rings is 2. The molecule has 0 aliphatic carbocycles. The van der Waals surface area contributed by atoms with Gasteiger partial charge in [-0.15, -0.1) is 0 Å². The molecule has 0 heterocycles. The lowest BCUT2D eigenvalue weighted by atomic mass is 10.2. The first-order chi connectivity index (χ1) is 8.70. The zero-order chi connectivity index (χ0) is 13.0. The Morgan fingerprint density at radius 2 is 1.72 bits per heavy atom. The van der Waals surface area contributed by atoms with Crippen LogP contribution in [-0.2, 0) is 13.2 Å². The van der Waals surface area contributed by atoms with Gasteiger partial charge in [-0.25, -0.2) is 0 Å². The molecule has 18 heavy (non-hydrogen) atoms. The van der Waals surface area contributed by atoms with Gasteiger partial charge < -0.3 is 10.5 Å². The minimum absolute atomic E-state index is 0.399. The molecule has 0 aromatic heterocycles. The summed E-state index contributed by atoms with van der Waals surface area (Å²) in [6.07, 6.45) is 0. The van der Waals surface area contributed by atoms with Gasteiger partial charge in [0, 0.05) is 17.1 Å². The molecule has 94 valence electrons. The molecule has 0 spiro atoms. The first-order valence-electron chi connectivity index (χ1n) is 5.55. The van der Waals surface area contributed by atoms with E-state index in [2.05, 4.69) is 0 Å². The van der Waals surface area contributed by atoms with Crippen LogP contribution in [0.1, 0.15) is 11.1 Å². The van der Waals surface area contributed by atoms with E-state index in [0.717, 1.165) is 11.1 Å². The van der Waals surface area contributed by atoms with E-state index >= 15 is 0 Å². The van der Waals surface area contributed by atoms with Crippen molar-refractivity contribution >= 4 is 23.2 Å². The number of hydrogen-bond donors (Lipinski definition) is 1. The Morgan fingerprint density at radius 3 is 2.39 bits per heavy atom. The first-order valence-corrected chi connectivity index (χ1v) is 6.31. The largest absolute Gasteiger partial charge is 0.487 e. The Bertz CT molecular complexity index is 526. The molecule has 0 radical (unpaired) electrons. The summed E-state index contributed by atoms with van der Waals surface area (Å²) in [7, 11) is 0. The van der Waals surface area contributed by atoms with Gasteiger partial charge in [0.25, 0.3) is 0 Å². The van der Waals surface area contributed by atoms with E-state index in [-0.39, 0.29) is 0 Å². The zero-order valence-electron chi connectivity index (χ0n) is 9.70. The monoisotopic (exact) mass is 281 g/mol. The molecule has 2 aromatic rings. The average Bonchev–Trinajstić information content (AvgIpc) is 2.39. The molecule has 2 nitrogen and oxygen atoms in total. The number of halogens is 2. The van der Waals surface area contributed by atoms with Crippen molar-refractivity contribution in [1.82, 2.24) is 0 Å². The second-order valence-electron chi connectivity index (χ2n) is 3.85. The van der Waals surface area contributed by atoms with Crippen LogP contribution in [0.15, 0.2) is 42.5 Å². The van der Waals surface area contributed by atoms with Crippen molar-refractivity contribution in [2.75, 3.05) is 0 Å². The summed E-state index contributed by atoms with van der Waals surface area (Å²) in [5.74, 6) is 0.650. The SMILES string of the molecule is NCc1cccc(Cl)c1OCc1ccc(Cl)cc1. The van der Waals surface area contributed by atoms with Crippen LogP contribution in [0.25, 0.3) is 0 Å². The molecule has 0 atom stereocenters. The smallest absolute Gasteiger partial charge is 0.142 e. The van der Waals surface area contributed by atoms with E-state index < -0.39 is 0 Å². The number of hydrogen-bond acceptors (Lipinski definition) is 2. The quantitative estimate of drug-likeness (QED) is 0.918. The van der Waals surface area contributed by atoms with Gasteiger partial charge in [-0.2, -0.15) is 0 Å². The second kappa shape index (κ2) is 6.10. The van der Waals surface area contributed by atoms with Crippen molar-refractivity contribution in [3.63, 3.8) is 0 Å². The lowest BCUT2D eigenvalue weighted by molar-refractivity contribution is 0.303. The summed E-state index contributed by atoms with van der Waals surface area (Å²) >= 11 is 11.9. The van der Waals surface area contributed by atoms with E-state index in [1.54, 1.807) is 6.07 Å². The maximum Gasteiger partial charge on any atom is 0.142 e. The summed E-state index contributed by atoms with van der Waals surface area (Å²) in [6.45, 7) is 0.838. The number of ether oxygens (including phenoxy) is 1. The van der Waals surface area contributed by atoms with Gasteiger partial charge in [0.1, 0.15) is 12.4 Å². The number of rotatable bonds is 4. The summed E-state index contributed by atoms with van der Waals surface area (Å²) in [4.78, 5) is 0. The minimum atomic E-state index is 0.399. The van der Waals surface area contributed by atoms with Crippen molar-refractivity contribution in [1.29, 1.82) is 0 Å². The average molecular weight is 282 g/mol. The number of nitrogens with two attached hydrogens (primary N) is 1. The van der Waals surface area contributed by atoms with Crippen molar-refractivity contribution in [2.45, 2.75) is 13.2 Å². The fourth-order valence-corrected chi connectivity index (χ4v) is 1.99. The molecule has 0 aliphatic rings. The minimum Gasteiger partial charge on any atom is -0.487 e. The summed E-state index contributed by atoms with van der Waals surface area (Å²) in [6, 6.07) is 13.1. The Labute approximate surface area is 116 Å². The molecule has 0 amide bonds. The van der Waals surface area contributed by atoms with E-state index in [1.807, 2.05) is 36.4 Å². The standard InChI is InChI=1S/C14H13Cl2NO/c15-12-6-4-10(5-7-12)9-18-14-11(8-17)2-1-3-13(14)16/h1-7H,8-9,17H2. The maximum atomic E-state index is 6.10. The lowest BCUT2D eigenvalue weighted by Crippen LogP contribution is -2.03. The summed E-state index contributed by atoms with van der Waals surface area (Å²) < 4.78 is 5.73. The predicted molar refractivity (Wildman–Crippen MR) is 75.1 cm³/mol. The van der Waals surface area contributed by atoms with E-state index in [0.29, 0.717) is 28.9 Å². The van der Waals surface area contributed by atoms with Gasteiger partial charge in [-0.05, 0) is 23.8 Å². The van der Waals surface area contributed by atoms with Gasteiger partial charge in [0.15, 0.2) is 0 Å². The molecular formula is C14H13Cl2NO. The highest BCUT2D eigenvalue weighted by atomic mass is 35.5. The van der Waals surface area contributed by atoms with Gasteiger partial charge in [0.05, 0.1) is 5.02 Å². The van der Waals surface area contributed by atoms with Gasteiger partial charge in [-0.3, -0.25) is 0 Å². The van der Waals surface area contributed by atoms with Crippen molar-refractivity contribution in [3.05, 3.63) is 63.6 Å². The van der Waals surface area contributed by atoms with Crippen molar-refractivity contribution in [3.8, 4) is 5.75 Å². The van der Waals surface area contributed by atoms with Crippen LogP contribution in [0, 0.1) is 0 Å². The van der Waals surface area contributed by atoms with Crippen molar-refractivity contribution < 1.29 is 4.74 Å². The molecule has 0 saturated carbocycles. The molecule has 2 aromatic carbocycles. The number of para-hydroxylation sites is 1. The Kier molecular flexibility index (Phi) is 4.48. The van der Waals surface area contributed by atoms with Crippen LogP contribution >= 0.6 is 23.2 Å². The topological polar surface area (TPSA) is 35.2 Å². The Morgan fingerprint density at radius 1 is 1.00 bits per heavy atom. The molecule has 4 heteroatoms. The molecule has 0 saturated heterocycles. The van der Waals surface area contributed by atoms with Crippen molar-refractivity contribution in [2.24, 2.45) is 5.73 Å². The second-order valence-corrected chi connectivity index (χ2v) is 4.69. The highest BCUT2D eigenvalue weighted by Crippen LogP contribution is 2.29. The van der Waals surface area contributed by atoms with Gasteiger partial charge in [0.2, 0.25) is 0 Å². The molecular weight excluding hydrogens is 269 g/mol. The summed E-state index contributed by atoms with van der Waals surface area (Å²) in [5, 5.41) is 1.28. The first kappa shape index (κ1) is 13.2. The summed E-state index contributed by atoms with van der Waals surface area (Å²) in [5.41, 5.74) is 7.58. The fraction of sp³-hybridized carbons (Fsp3) is 0.143. The van der Waals surface area contributed by atoms with Gasteiger partial charge >= 0.3 is 0 Å². The molecule has 0 aliphatic heterocycles. The van der Waals surface area contributed by atoms with Crippen LogP contribution in [-0.4, -0.2) is 0 Å². The molecule has 0 fully saturated rings. The maximum absolute atomic E-state index is 6.10. The predicted octanol–water partition coefficient (Wildman–Crippen LogP) is 4.03. The zero-order valence-corrected chi connectivity index (χ0v) is 11.2. The van der Waals surface area contributed by atoms with Crippen LogP contribution < -0.4 is 10.5 Å². The van der Waals surface area contributed by atoms with Crippen LogP contribution in [0.5, 0.6) is 5.75 Å². The third-order valence-electron chi connectivity index (χ3n) is 2.56. The van der Waals surface area contributed by atoms with Gasteiger partial charge in [-0.1, -0.05) is 47.5 Å². The Hall–Kier alpha value is -1.22. The van der Waals surface area contributed by atoms with Crippen LogP contribution in [0.4, 0.5) is 0 Å². The third kappa shape index (κ3) is 3.16. The normalized spacial score (nSPS) is 10.4.